The summed E-state index contributed by atoms with van der Waals surface area (Å²) in [7, 11) is -8.17. The van der Waals surface area contributed by atoms with Gasteiger partial charge in [0, 0.05) is 11.5 Å². The van der Waals surface area contributed by atoms with Gasteiger partial charge in [0.2, 0.25) is 0 Å². The third-order valence-corrected chi connectivity index (χ3v) is 9.06. The molecule has 0 saturated carbocycles. The van der Waals surface area contributed by atoms with E-state index in [1.165, 1.54) is 48.5 Å². The minimum atomic E-state index is -4.18. The molecule has 2 aromatic carbocycles. The summed E-state index contributed by atoms with van der Waals surface area (Å²) in [5, 5.41) is 2.03. The molecule has 0 aliphatic rings. The number of hydrogen-bond donors (Lipinski definition) is 2. The van der Waals surface area contributed by atoms with E-state index in [1.54, 1.807) is 11.4 Å². The molecule has 0 aliphatic carbocycles. The van der Waals surface area contributed by atoms with Crippen LogP contribution in [0, 0.1) is 0 Å². The fourth-order valence-corrected chi connectivity index (χ4v) is 6.24. The molecule has 4 aromatic rings. The third-order valence-electron chi connectivity index (χ3n) is 4.21. The summed E-state index contributed by atoms with van der Waals surface area (Å²) < 4.78 is 61.0. The maximum Gasteiger partial charge on any atom is 0.336 e. The standard InChI is InChI=1S/C19H12Cl2N2O6S3/c20-13-9-15(16(10-14(13)21)23-32(27,28)19-2-1-7-30-19)22-31(25,26)12-4-5-17-11(8-12)3-6-18(24)29-17/h1-10,22-23H. The van der Waals surface area contributed by atoms with Crippen molar-refractivity contribution in [3.8, 4) is 0 Å². The smallest absolute Gasteiger partial charge is 0.336 e. The fourth-order valence-electron chi connectivity index (χ4n) is 2.75. The summed E-state index contributed by atoms with van der Waals surface area (Å²) in [5.41, 5.74) is -0.581. The lowest BCUT2D eigenvalue weighted by atomic mass is 10.2. The van der Waals surface area contributed by atoms with Crippen molar-refractivity contribution in [3.63, 3.8) is 0 Å². The van der Waals surface area contributed by atoms with E-state index in [4.69, 9.17) is 27.6 Å². The van der Waals surface area contributed by atoms with E-state index in [2.05, 4.69) is 9.44 Å². The normalized spacial score (nSPS) is 12.1. The lowest BCUT2D eigenvalue weighted by Crippen LogP contribution is -2.17. The van der Waals surface area contributed by atoms with Crippen LogP contribution in [-0.2, 0) is 20.0 Å². The zero-order chi connectivity index (χ0) is 23.1. The third kappa shape index (κ3) is 4.62. The van der Waals surface area contributed by atoms with Gasteiger partial charge >= 0.3 is 5.63 Å². The van der Waals surface area contributed by atoms with Gasteiger partial charge in [0.1, 0.15) is 9.79 Å². The zero-order valence-electron chi connectivity index (χ0n) is 15.7. The number of rotatable bonds is 6. The van der Waals surface area contributed by atoms with Crippen LogP contribution in [0.5, 0.6) is 0 Å². The van der Waals surface area contributed by atoms with Gasteiger partial charge in [-0.1, -0.05) is 29.3 Å². The largest absolute Gasteiger partial charge is 0.423 e. The van der Waals surface area contributed by atoms with Crippen LogP contribution in [-0.4, -0.2) is 16.8 Å². The van der Waals surface area contributed by atoms with E-state index in [1.807, 2.05) is 0 Å². The summed E-state index contributed by atoms with van der Waals surface area (Å²) in [5.74, 6) is 0. The van der Waals surface area contributed by atoms with Crippen molar-refractivity contribution in [2.45, 2.75) is 9.10 Å². The number of hydrogen-bond acceptors (Lipinski definition) is 7. The Hall–Kier alpha value is -2.57. The Kier molecular flexibility index (Phi) is 5.94. The average molecular weight is 531 g/mol. The number of thiophene rings is 1. The summed E-state index contributed by atoms with van der Waals surface area (Å²) in [6.45, 7) is 0. The highest BCUT2D eigenvalue weighted by Crippen LogP contribution is 2.35. The van der Waals surface area contributed by atoms with Gasteiger partial charge < -0.3 is 4.42 Å². The lowest BCUT2D eigenvalue weighted by molar-refractivity contribution is 0.560. The average Bonchev–Trinajstić information content (AvgIpc) is 3.27. The fraction of sp³-hybridized carbons (Fsp3) is 0. The van der Waals surface area contributed by atoms with Crippen molar-refractivity contribution >= 4 is 76.9 Å². The monoisotopic (exact) mass is 530 g/mol. The van der Waals surface area contributed by atoms with Gasteiger partial charge in [0.05, 0.1) is 26.3 Å². The molecule has 8 nitrogen and oxygen atoms in total. The van der Waals surface area contributed by atoms with Crippen LogP contribution < -0.4 is 15.1 Å². The van der Waals surface area contributed by atoms with Crippen molar-refractivity contribution in [3.05, 3.63) is 80.4 Å². The Balaban J connectivity index is 1.74. The van der Waals surface area contributed by atoms with Crippen LogP contribution in [0.4, 0.5) is 11.4 Å². The molecule has 0 atom stereocenters. The first-order chi connectivity index (χ1) is 15.0. The van der Waals surface area contributed by atoms with Gasteiger partial charge in [-0.05, 0) is 47.8 Å². The molecule has 2 aromatic heterocycles. The maximum atomic E-state index is 13.0. The van der Waals surface area contributed by atoms with Crippen molar-refractivity contribution in [1.82, 2.24) is 0 Å². The van der Waals surface area contributed by atoms with E-state index >= 15 is 0 Å². The Morgan fingerprint density at radius 3 is 2.09 bits per heavy atom. The summed E-state index contributed by atoms with van der Waals surface area (Å²) in [6.07, 6.45) is 0. The number of benzene rings is 2. The molecule has 0 fully saturated rings. The predicted octanol–water partition coefficient (Wildman–Crippen LogP) is 4.76. The van der Waals surface area contributed by atoms with Crippen LogP contribution in [0.1, 0.15) is 0 Å². The lowest BCUT2D eigenvalue weighted by Gasteiger charge is -2.15. The van der Waals surface area contributed by atoms with Crippen LogP contribution in [0.3, 0.4) is 0 Å². The molecule has 32 heavy (non-hydrogen) atoms. The second kappa shape index (κ2) is 8.41. The Morgan fingerprint density at radius 1 is 0.812 bits per heavy atom. The Labute approximate surface area is 196 Å². The summed E-state index contributed by atoms with van der Waals surface area (Å²) >= 11 is 13.1. The van der Waals surface area contributed by atoms with Gasteiger partial charge in [-0.25, -0.2) is 21.6 Å². The highest BCUT2D eigenvalue weighted by molar-refractivity contribution is 7.94. The highest BCUT2D eigenvalue weighted by atomic mass is 35.5. The maximum absolute atomic E-state index is 13.0. The molecular weight excluding hydrogens is 519 g/mol. The summed E-state index contributed by atoms with van der Waals surface area (Å²) in [4.78, 5) is 11.2. The number of sulfonamides is 2. The van der Waals surface area contributed by atoms with Gasteiger partial charge in [-0.3, -0.25) is 9.44 Å². The number of fused-ring (bicyclic) bond motifs is 1. The van der Waals surface area contributed by atoms with Crippen molar-refractivity contribution < 1.29 is 21.3 Å². The topological polar surface area (TPSA) is 123 Å². The number of halogens is 2. The molecule has 166 valence electrons. The van der Waals surface area contributed by atoms with Crippen molar-refractivity contribution in [2.24, 2.45) is 0 Å². The molecule has 0 radical (unpaired) electrons. The van der Waals surface area contributed by atoms with Gasteiger partial charge in [0.25, 0.3) is 20.0 Å². The predicted molar refractivity (Wildman–Crippen MR) is 125 cm³/mol. The minimum Gasteiger partial charge on any atom is -0.423 e. The number of nitrogens with one attached hydrogen (secondary N) is 2. The molecule has 13 heteroatoms. The van der Waals surface area contributed by atoms with E-state index < -0.39 is 25.7 Å². The molecule has 0 aliphatic heterocycles. The van der Waals surface area contributed by atoms with Crippen LogP contribution in [0.25, 0.3) is 11.0 Å². The van der Waals surface area contributed by atoms with Crippen LogP contribution in [0.2, 0.25) is 10.0 Å². The molecule has 2 heterocycles. The minimum absolute atomic E-state index is 0.0173. The van der Waals surface area contributed by atoms with E-state index in [-0.39, 0.29) is 36.1 Å². The molecule has 0 amide bonds. The van der Waals surface area contributed by atoms with Crippen molar-refractivity contribution in [2.75, 3.05) is 9.44 Å². The van der Waals surface area contributed by atoms with E-state index in [0.717, 1.165) is 11.3 Å². The molecule has 0 spiro atoms. The molecule has 4 rings (SSSR count). The first-order valence-corrected chi connectivity index (χ1v) is 13.3. The number of anilines is 2. The van der Waals surface area contributed by atoms with Gasteiger partial charge in [0.15, 0.2) is 0 Å². The quantitative estimate of drug-likeness (QED) is 0.346. The Bertz CT molecular complexity index is 1600. The second-order valence-corrected chi connectivity index (χ2v) is 11.8. The van der Waals surface area contributed by atoms with Gasteiger partial charge in [-0.15, -0.1) is 11.3 Å². The molecule has 0 bridgehead atoms. The van der Waals surface area contributed by atoms with E-state index in [0.29, 0.717) is 5.39 Å². The SMILES string of the molecule is O=c1ccc2cc(S(=O)(=O)Nc3cc(Cl)c(Cl)cc3NS(=O)(=O)c3cccs3)ccc2o1. The van der Waals surface area contributed by atoms with Crippen LogP contribution in [0.15, 0.2) is 78.3 Å². The van der Waals surface area contributed by atoms with Crippen LogP contribution >= 0.6 is 34.5 Å². The van der Waals surface area contributed by atoms with E-state index in [9.17, 15) is 21.6 Å². The molecule has 0 unspecified atom stereocenters. The molecular formula is C19H12Cl2N2O6S3. The second-order valence-electron chi connectivity index (χ2n) is 6.41. The molecule has 0 saturated heterocycles. The Morgan fingerprint density at radius 2 is 1.47 bits per heavy atom. The van der Waals surface area contributed by atoms with Crippen molar-refractivity contribution in [1.29, 1.82) is 0 Å². The first kappa shape index (κ1) is 22.6. The highest BCUT2D eigenvalue weighted by Gasteiger charge is 2.22. The first-order valence-electron chi connectivity index (χ1n) is 8.67. The zero-order valence-corrected chi connectivity index (χ0v) is 19.7. The van der Waals surface area contributed by atoms with Gasteiger partial charge in [-0.2, -0.15) is 0 Å². The summed E-state index contributed by atoms with van der Waals surface area (Å²) in [6, 6.07) is 11.9. The molecule has 2 N–H and O–H groups in total.